The van der Waals surface area contributed by atoms with E-state index in [-0.39, 0.29) is 0 Å². The number of aromatic carboxylic acids is 1. The molecule has 1 aromatic heterocycles. The molecule has 1 aliphatic carbocycles. The normalized spacial score (nSPS) is 17.5. The fourth-order valence-corrected chi connectivity index (χ4v) is 2.57. The highest BCUT2D eigenvalue weighted by atomic mass is 127. The summed E-state index contributed by atoms with van der Waals surface area (Å²) in [5.74, 6) is -0.876. The number of hydrogen-bond acceptors (Lipinski definition) is 2. The molecule has 0 bridgehead atoms. The van der Waals surface area contributed by atoms with Gasteiger partial charge in [0, 0.05) is 0 Å². The van der Waals surface area contributed by atoms with Crippen LogP contribution in [0.5, 0.6) is 0 Å². The Morgan fingerprint density at radius 3 is 2.79 bits per heavy atom. The summed E-state index contributed by atoms with van der Waals surface area (Å²) >= 11 is 2.02. The second-order valence-corrected chi connectivity index (χ2v) is 4.69. The van der Waals surface area contributed by atoms with Crippen LogP contribution in [0.15, 0.2) is 6.20 Å². The average Bonchev–Trinajstić information content (AvgIpc) is 2.70. The SMILES string of the molecule is O=C(O)c1c(I)cnn1C1CCCC1. The van der Waals surface area contributed by atoms with Gasteiger partial charge in [0.1, 0.15) is 0 Å². The molecule has 0 spiro atoms. The number of halogens is 1. The number of aromatic nitrogens is 2. The molecule has 0 aliphatic heterocycles. The molecule has 5 heteroatoms. The third-order valence-corrected chi connectivity index (χ3v) is 3.41. The van der Waals surface area contributed by atoms with E-state index in [1.807, 2.05) is 22.6 Å². The molecule has 4 nitrogen and oxygen atoms in total. The quantitative estimate of drug-likeness (QED) is 0.853. The minimum Gasteiger partial charge on any atom is -0.476 e. The number of rotatable bonds is 2. The van der Waals surface area contributed by atoms with E-state index >= 15 is 0 Å². The van der Waals surface area contributed by atoms with E-state index < -0.39 is 5.97 Å². The second-order valence-electron chi connectivity index (χ2n) is 3.53. The Kier molecular flexibility index (Phi) is 2.76. The zero-order valence-corrected chi connectivity index (χ0v) is 9.77. The number of carboxylic acid groups (broad SMARTS) is 1. The van der Waals surface area contributed by atoms with E-state index in [1.165, 1.54) is 12.8 Å². The van der Waals surface area contributed by atoms with Crippen LogP contribution in [0.4, 0.5) is 0 Å². The Morgan fingerprint density at radius 2 is 2.21 bits per heavy atom. The molecule has 0 radical (unpaired) electrons. The molecule has 1 aliphatic rings. The van der Waals surface area contributed by atoms with Crippen LogP contribution in [0.3, 0.4) is 0 Å². The number of nitrogens with zero attached hydrogens (tertiary/aromatic N) is 2. The minimum atomic E-state index is -0.876. The fourth-order valence-electron chi connectivity index (χ4n) is 1.97. The summed E-state index contributed by atoms with van der Waals surface area (Å²) in [6.07, 6.45) is 6.10. The topological polar surface area (TPSA) is 55.1 Å². The third kappa shape index (κ3) is 1.65. The van der Waals surface area contributed by atoms with Gasteiger partial charge in [-0.05, 0) is 35.4 Å². The van der Waals surface area contributed by atoms with Crippen molar-refractivity contribution in [2.24, 2.45) is 0 Å². The van der Waals surface area contributed by atoms with Crippen LogP contribution in [-0.4, -0.2) is 20.9 Å². The first-order chi connectivity index (χ1) is 6.70. The van der Waals surface area contributed by atoms with E-state index in [1.54, 1.807) is 10.9 Å². The zero-order valence-electron chi connectivity index (χ0n) is 7.61. The Hall–Kier alpha value is -0.590. The highest BCUT2D eigenvalue weighted by molar-refractivity contribution is 14.1. The lowest BCUT2D eigenvalue weighted by Gasteiger charge is -2.11. The molecule has 0 saturated heterocycles. The van der Waals surface area contributed by atoms with Crippen molar-refractivity contribution in [1.82, 2.24) is 9.78 Å². The maximum atomic E-state index is 11.0. The van der Waals surface area contributed by atoms with Gasteiger partial charge in [-0.15, -0.1) is 0 Å². The molecule has 0 aromatic carbocycles. The van der Waals surface area contributed by atoms with Crippen molar-refractivity contribution in [3.8, 4) is 0 Å². The number of carbonyl (C=O) groups is 1. The van der Waals surface area contributed by atoms with E-state index in [9.17, 15) is 4.79 Å². The summed E-state index contributed by atoms with van der Waals surface area (Å²) < 4.78 is 2.40. The van der Waals surface area contributed by atoms with Crippen molar-refractivity contribution in [1.29, 1.82) is 0 Å². The molecular weight excluding hydrogens is 295 g/mol. The molecule has 1 saturated carbocycles. The first kappa shape index (κ1) is 9.95. The maximum Gasteiger partial charge on any atom is 0.355 e. The third-order valence-electron chi connectivity index (χ3n) is 2.62. The lowest BCUT2D eigenvalue weighted by molar-refractivity contribution is 0.0679. The first-order valence-corrected chi connectivity index (χ1v) is 5.74. The molecule has 2 rings (SSSR count). The Bertz CT molecular complexity index is 356. The van der Waals surface area contributed by atoms with E-state index in [4.69, 9.17) is 5.11 Å². The molecule has 0 amide bonds. The Balaban J connectivity index is 2.37. The van der Waals surface area contributed by atoms with Crippen LogP contribution in [-0.2, 0) is 0 Å². The summed E-state index contributed by atoms with van der Waals surface area (Å²) in [7, 11) is 0. The smallest absolute Gasteiger partial charge is 0.355 e. The molecule has 1 fully saturated rings. The van der Waals surface area contributed by atoms with Gasteiger partial charge in [0.15, 0.2) is 5.69 Å². The lowest BCUT2D eigenvalue weighted by atomic mass is 10.2. The molecule has 14 heavy (non-hydrogen) atoms. The highest BCUT2D eigenvalue weighted by Gasteiger charge is 2.24. The summed E-state index contributed by atoms with van der Waals surface area (Å²) in [6, 6.07) is 0.296. The van der Waals surface area contributed by atoms with E-state index in [2.05, 4.69) is 5.10 Å². The summed E-state index contributed by atoms with van der Waals surface area (Å²) in [5, 5.41) is 13.2. The van der Waals surface area contributed by atoms with Crippen molar-refractivity contribution in [3.63, 3.8) is 0 Å². The standard InChI is InChI=1S/C9H11IN2O2/c10-7-5-11-12(8(7)9(13)14)6-3-1-2-4-6/h5-6H,1-4H2,(H,13,14). The van der Waals surface area contributed by atoms with Crippen LogP contribution in [0.2, 0.25) is 0 Å². The van der Waals surface area contributed by atoms with Crippen LogP contribution in [0.25, 0.3) is 0 Å². The molecule has 76 valence electrons. The van der Waals surface area contributed by atoms with Crippen molar-refractivity contribution in [2.45, 2.75) is 31.7 Å². The number of carboxylic acids is 1. The second kappa shape index (κ2) is 3.88. The van der Waals surface area contributed by atoms with Gasteiger partial charge >= 0.3 is 5.97 Å². The molecule has 0 atom stereocenters. The Morgan fingerprint density at radius 1 is 1.57 bits per heavy atom. The van der Waals surface area contributed by atoms with Crippen molar-refractivity contribution in [3.05, 3.63) is 15.5 Å². The van der Waals surface area contributed by atoms with Crippen molar-refractivity contribution >= 4 is 28.6 Å². The van der Waals surface area contributed by atoms with Crippen LogP contribution in [0.1, 0.15) is 42.2 Å². The van der Waals surface area contributed by atoms with Gasteiger partial charge in [-0.25, -0.2) is 4.79 Å². The van der Waals surface area contributed by atoms with Crippen molar-refractivity contribution in [2.75, 3.05) is 0 Å². The average molecular weight is 306 g/mol. The minimum absolute atomic E-state index is 0.296. The molecule has 0 unspecified atom stereocenters. The van der Waals surface area contributed by atoms with Gasteiger partial charge in [0.05, 0.1) is 15.8 Å². The molecule has 1 heterocycles. The van der Waals surface area contributed by atoms with Gasteiger partial charge in [-0.3, -0.25) is 4.68 Å². The largest absolute Gasteiger partial charge is 0.476 e. The Labute approximate surface area is 95.4 Å². The van der Waals surface area contributed by atoms with Gasteiger partial charge in [-0.1, -0.05) is 12.8 Å². The van der Waals surface area contributed by atoms with Crippen molar-refractivity contribution < 1.29 is 9.90 Å². The van der Waals surface area contributed by atoms with Crippen LogP contribution >= 0.6 is 22.6 Å². The van der Waals surface area contributed by atoms with Gasteiger partial charge in [-0.2, -0.15) is 5.10 Å². The predicted octanol–water partition coefficient (Wildman–Crippen LogP) is 2.30. The summed E-state index contributed by atoms with van der Waals surface area (Å²) in [5.41, 5.74) is 0.345. The van der Waals surface area contributed by atoms with Gasteiger partial charge in [0.2, 0.25) is 0 Å². The van der Waals surface area contributed by atoms with Crippen LogP contribution in [0, 0.1) is 3.57 Å². The zero-order chi connectivity index (χ0) is 10.1. The lowest BCUT2D eigenvalue weighted by Crippen LogP contribution is -2.14. The summed E-state index contributed by atoms with van der Waals surface area (Å²) in [4.78, 5) is 11.0. The summed E-state index contributed by atoms with van der Waals surface area (Å²) in [6.45, 7) is 0. The van der Waals surface area contributed by atoms with Crippen LogP contribution < -0.4 is 0 Å². The highest BCUT2D eigenvalue weighted by Crippen LogP contribution is 2.30. The molecule has 1 aromatic rings. The maximum absolute atomic E-state index is 11.0. The van der Waals surface area contributed by atoms with E-state index in [0.717, 1.165) is 16.4 Å². The predicted molar refractivity (Wildman–Crippen MR) is 59.4 cm³/mol. The fraction of sp³-hybridized carbons (Fsp3) is 0.556. The molecular formula is C9H11IN2O2. The van der Waals surface area contributed by atoms with E-state index in [0.29, 0.717) is 11.7 Å². The van der Waals surface area contributed by atoms with Gasteiger partial charge in [0.25, 0.3) is 0 Å². The molecule has 1 N–H and O–H groups in total. The first-order valence-electron chi connectivity index (χ1n) is 4.66. The van der Waals surface area contributed by atoms with Gasteiger partial charge < -0.3 is 5.11 Å². The monoisotopic (exact) mass is 306 g/mol. The number of hydrogen-bond donors (Lipinski definition) is 1.